The van der Waals surface area contributed by atoms with Gasteiger partial charge in [-0.25, -0.2) is 12.8 Å². The molecule has 1 heterocycles. The molecule has 0 aliphatic heterocycles. The summed E-state index contributed by atoms with van der Waals surface area (Å²) in [6, 6.07) is 17.4. The number of hydrogen-bond donors (Lipinski definition) is 1. The number of benzene rings is 3. The van der Waals surface area contributed by atoms with Gasteiger partial charge in [0.1, 0.15) is 5.82 Å². The lowest BCUT2D eigenvalue weighted by atomic mass is 10.2. The number of thiazole rings is 1. The molecule has 6 nitrogen and oxygen atoms in total. The molecule has 0 unspecified atom stereocenters. The van der Waals surface area contributed by atoms with Crippen LogP contribution in [0.3, 0.4) is 0 Å². The summed E-state index contributed by atoms with van der Waals surface area (Å²) in [5, 5.41) is 0. The third-order valence-electron chi connectivity index (χ3n) is 4.90. The van der Waals surface area contributed by atoms with E-state index in [4.69, 9.17) is 0 Å². The highest BCUT2D eigenvalue weighted by atomic mass is 32.2. The minimum absolute atomic E-state index is 0.0890. The number of nitrogens with one attached hydrogen (secondary N) is 1. The minimum Gasteiger partial charge on any atom is -0.314 e. The van der Waals surface area contributed by atoms with Gasteiger partial charge in [-0.2, -0.15) is 4.99 Å². The van der Waals surface area contributed by atoms with Crippen LogP contribution in [0.5, 0.6) is 0 Å². The van der Waals surface area contributed by atoms with E-state index in [1.54, 1.807) is 41.0 Å². The molecule has 1 amide bonds. The molecule has 164 valence electrons. The van der Waals surface area contributed by atoms with Gasteiger partial charge in [-0.15, -0.1) is 0 Å². The summed E-state index contributed by atoms with van der Waals surface area (Å²) < 4.78 is 44.7. The van der Waals surface area contributed by atoms with Gasteiger partial charge in [-0.3, -0.25) is 9.52 Å². The van der Waals surface area contributed by atoms with Crippen LogP contribution in [0.15, 0.2) is 76.6 Å². The highest BCUT2D eigenvalue weighted by Crippen LogP contribution is 2.23. The first kappa shape index (κ1) is 21.9. The number of hydrogen-bond acceptors (Lipinski definition) is 4. The predicted molar refractivity (Wildman–Crippen MR) is 124 cm³/mol. The van der Waals surface area contributed by atoms with E-state index in [0.29, 0.717) is 21.6 Å². The standard InChI is InChI=1S/C23H20FN3O3S2/c1-3-27-21-18(24)8-6-10-20(21)31-23(27)25-22(28)17-7-4-5-9-19(17)26-32(29,30)16-13-11-15(2)12-14-16/h4-14,26H,3H2,1-2H3. The molecule has 0 spiro atoms. The fraction of sp³-hybridized carbons (Fsp3) is 0.130. The van der Waals surface area contributed by atoms with Crippen molar-refractivity contribution in [2.24, 2.45) is 4.99 Å². The monoisotopic (exact) mass is 469 g/mol. The van der Waals surface area contributed by atoms with Gasteiger partial charge >= 0.3 is 0 Å². The van der Waals surface area contributed by atoms with E-state index in [1.165, 1.54) is 41.7 Å². The summed E-state index contributed by atoms with van der Waals surface area (Å²) in [6.07, 6.45) is 0. The smallest absolute Gasteiger partial charge is 0.281 e. The Hall–Kier alpha value is -3.30. The Morgan fingerprint density at radius 3 is 2.50 bits per heavy atom. The number of anilines is 1. The van der Waals surface area contributed by atoms with Gasteiger partial charge in [0.05, 0.1) is 26.4 Å². The van der Waals surface area contributed by atoms with Gasteiger partial charge in [0.15, 0.2) is 4.80 Å². The zero-order valence-corrected chi connectivity index (χ0v) is 19.0. The fourth-order valence-electron chi connectivity index (χ4n) is 3.29. The van der Waals surface area contributed by atoms with E-state index in [-0.39, 0.29) is 22.0 Å². The fourth-order valence-corrected chi connectivity index (χ4v) is 5.48. The largest absolute Gasteiger partial charge is 0.314 e. The molecule has 1 aromatic heterocycles. The third-order valence-corrected chi connectivity index (χ3v) is 7.32. The summed E-state index contributed by atoms with van der Waals surface area (Å²) in [4.78, 5) is 17.7. The van der Waals surface area contributed by atoms with Crippen molar-refractivity contribution in [3.63, 3.8) is 0 Å². The van der Waals surface area contributed by atoms with Crippen LogP contribution >= 0.6 is 11.3 Å². The van der Waals surface area contributed by atoms with Gasteiger partial charge in [-0.05, 0) is 50.2 Å². The summed E-state index contributed by atoms with van der Waals surface area (Å²) in [7, 11) is -3.89. The lowest BCUT2D eigenvalue weighted by Gasteiger charge is -2.11. The van der Waals surface area contributed by atoms with Crippen LogP contribution in [0.25, 0.3) is 10.2 Å². The van der Waals surface area contributed by atoms with E-state index in [0.717, 1.165) is 5.56 Å². The number of para-hydroxylation sites is 2. The Kier molecular flexibility index (Phi) is 5.94. The van der Waals surface area contributed by atoms with E-state index < -0.39 is 15.9 Å². The first-order chi connectivity index (χ1) is 15.3. The molecule has 0 atom stereocenters. The zero-order valence-electron chi connectivity index (χ0n) is 17.4. The van der Waals surface area contributed by atoms with Crippen molar-refractivity contribution in [2.45, 2.75) is 25.3 Å². The van der Waals surface area contributed by atoms with E-state index in [1.807, 2.05) is 13.8 Å². The molecule has 4 aromatic rings. The SMILES string of the molecule is CCn1c(=NC(=O)c2ccccc2NS(=O)(=O)c2ccc(C)cc2)sc2cccc(F)c21. The number of aromatic nitrogens is 1. The average Bonchev–Trinajstić information content (AvgIpc) is 3.12. The van der Waals surface area contributed by atoms with Crippen LogP contribution in [-0.2, 0) is 16.6 Å². The van der Waals surface area contributed by atoms with E-state index >= 15 is 0 Å². The Morgan fingerprint density at radius 2 is 1.78 bits per heavy atom. The molecule has 0 saturated carbocycles. The number of carbonyl (C=O) groups excluding carboxylic acids is 1. The van der Waals surface area contributed by atoms with Crippen LogP contribution in [-0.4, -0.2) is 18.9 Å². The Balaban J connectivity index is 1.75. The van der Waals surface area contributed by atoms with Crippen LogP contribution in [0.4, 0.5) is 10.1 Å². The number of nitrogens with zero attached hydrogens (tertiary/aromatic N) is 2. The number of fused-ring (bicyclic) bond motifs is 1. The number of sulfonamides is 1. The van der Waals surface area contributed by atoms with Crippen molar-refractivity contribution < 1.29 is 17.6 Å². The van der Waals surface area contributed by atoms with E-state index in [2.05, 4.69) is 9.71 Å². The molecule has 4 rings (SSSR count). The number of halogens is 1. The van der Waals surface area contributed by atoms with Crippen LogP contribution in [0.1, 0.15) is 22.8 Å². The van der Waals surface area contributed by atoms with Gasteiger partial charge in [-0.1, -0.05) is 47.2 Å². The van der Waals surface area contributed by atoms with Crippen molar-refractivity contribution in [1.82, 2.24) is 4.57 Å². The summed E-state index contributed by atoms with van der Waals surface area (Å²) in [6.45, 7) is 4.13. The maximum Gasteiger partial charge on any atom is 0.281 e. The van der Waals surface area contributed by atoms with Crippen molar-refractivity contribution in [2.75, 3.05) is 4.72 Å². The molecule has 32 heavy (non-hydrogen) atoms. The minimum atomic E-state index is -3.89. The molecule has 0 aliphatic rings. The molecule has 3 aromatic carbocycles. The molecule has 0 saturated heterocycles. The van der Waals surface area contributed by atoms with Gasteiger partial charge in [0.25, 0.3) is 15.9 Å². The van der Waals surface area contributed by atoms with Crippen LogP contribution in [0, 0.1) is 12.7 Å². The second kappa shape index (κ2) is 8.68. The van der Waals surface area contributed by atoms with Crippen molar-refractivity contribution >= 4 is 43.2 Å². The molecule has 1 N–H and O–H groups in total. The van der Waals surface area contributed by atoms with Gasteiger partial charge in [0, 0.05) is 6.54 Å². The molecule has 0 aliphatic carbocycles. The second-order valence-corrected chi connectivity index (χ2v) is 9.79. The summed E-state index contributed by atoms with van der Waals surface area (Å²) >= 11 is 1.20. The van der Waals surface area contributed by atoms with Crippen molar-refractivity contribution in [3.05, 3.63) is 88.5 Å². The van der Waals surface area contributed by atoms with Gasteiger partial charge in [0.2, 0.25) is 0 Å². The number of rotatable bonds is 5. The average molecular weight is 470 g/mol. The van der Waals surface area contributed by atoms with Gasteiger partial charge < -0.3 is 4.57 Å². The maximum atomic E-state index is 14.3. The van der Waals surface area contributed by atoms with E-state index in [9.17, 15) is 17.6 Å². The first-order valence-electron chi connectivity index (χ1n) is 9.85. The molecular weight excluding hydrogens is 449 g/mol. The summed E-state index contributed by atoms with van der Waals surface area (Å²) in [5.74, 6) is -1.01. The second-order valence-electron chi connectivity index (χ2n) is 7.10. The van der Waals surface area contributed by atoms with Crippen LogP contribution < -0.4 is 9.52 Å². The lowest BCUT2D eigenvalue weighted by Crippen LogP contribution is -2.18. The number of aryl methyl sites for hydroxylation is 2. The quantitative estimate of drug-likeness (QED) is 0.460. The van der Waals surface area contributed by atoms with Crippen molar-refractivity contribution in [1.29, 1.82) is 0 Å². The Morgan fingerprint density at radius 1 is 1.06 bits per heavy atom. The number of amides is 1. The topological polar surface area (TPSA) is 80.5 Å². The molecule has 0 fully saturated rings. The molecular formula is C23H20FN3O3S2. The highest BCUT2D eigenvalue weighted by molar-refractivity contribution is 7.92. The Labute approximate surface area is 188 Å². The normalized spacial score (nSPS) is 12.3. The third kappa shape index (κ3) is 4.21. The van der Waals surface area contributed by atoms with Crippen molar-refractivity contribution in [3.8, 4) is 0 Å². The molecule has 0 radical (unpaired) electrons. The highest BCUT2D eigenvalue weighted by Gasteiger charge is 2.19. The molecule has 0 bridgehead atoms. The maximum absolute atomic E-state index is 14.3. The molecule has 9 heteroatoms. The number of carbonyl (C=O) groups is 1. The first-order valence-corrected chi connectivity index (χ1v) is 12.2. The van der Waals surface area contributed by atoms with Crippen LogP contribution in [0.2, 0.25) is 0 Å². The predicted octanol–water partition coefficient (Wildman–Crippen LogP) is 4.71. The Bertz CT molecular complexity index is 1490. The lowest BCUT2D eigenvalue weighted by molar-refractivity contribution is 0.0998. The zero-order chi connectivity index (χ0) is 22.9. The summed E-state index contributed by atoms with van der Waals surface area (Å²) in [5.41, 5.74) is 1.54.